The molecule has 0 fully saturated rings. The van der Waals surface area contributed by atoms with Gasteiger partial charge in [0.25, 0.3) is 0 Å². The van der Waals surface area contributed by atoms with E-state index in [1.807, 2.05) is 12.1 Å². The second kappa shape index (κ2) is 7.90. The first kappa shape index (κ1) is 14.7. The van der Waals surface area contributed by atoms with Crippen LogP contribution in [0.25, 0.3) is 0 Å². The molecule has 1 atom stereocenters. The minimum atomic E-state index is 0.265. The predicted molar refractivity (Wildman–Crippen MR) is 75.2 cm³/mol. The molecule has 1 unspecified atom stereocenters. The lowest BCUT2D eigenvalue weighted by Crippen LogP contribution is -2.33. The van der Waals surface area contributed by atoms with Crippen molar-refractivity contribution in [2.45, 2.75) is 33.2 Å². The van der Waals surface area contributed by atoms with Crippen molar-refractivity contribution >= 4 is 15.9 Å². The van der Waals surface area contributed by atoms with E-state index in [1.165, 1.54) is 13.0 Å². The van der Waals surface area contributed by atoms with Gasteiger partial charge in [-0.1, -0.05) is 13.8 Å². The van der Waals surface area contributed by atoms with Crippen LogP contribution in [0.15, 0.2) is 21.2 Å². The summed E-state index contributed by atoms with van der Waals surface area (Å²) in [5, 5.41) is 3.48. The third kappa shape index (κ3) is 5.23. The molecule has 1 heterocycles. The Bertz CT molecular complexity index is 314. The number of hydrogen-bond acceptors (Lipinski definition) is 3. The van der Waals surface area contributed by atoms with Crippen LogP contribution in [-0.4, -0.2) is 31.1 Å². The second-order valence-electron chi connectivity index (χ2n) is 4.25. The molecule has 0 spiro atoms. The molecular weight excluding hydrogens is 280 g/mol. The zero-order valence-corrected chi connectivity index (χ0v) is 12.6. The van der Waals surface area contributed by atoms with E-state index in [4.69, 9.17) is 4.42 Å². The smallest absolute Gasteiger partial charge is 0.169 e. The van der Waals surface area contributed by atoms with Gasteiger partial charge in [-0.3, -0.25) is 0 Å². The van der Waals surface area contributed by atoms with E-state index in [0.717, 1.165) is 30.1 Å². The molecule has 0 aliphatic rings. The zero-order chi connectivity index (χ0) is 12.7. The number of furan rings is 1. The highest BCUT2D eigenvalue weighted by Crippen LogP contribution is 2.19. The molecule has 17 heavy (non-hydrogen) atoms. The third-order valence-electron chi connectivity index (χ3n) is 2.89. The summed E-state index contributed by atoms with van der Waals surface area (Å²) in [5.41, 5.74) is 0. The van der Waals surface area contributed by atoms with Crippen LogP contribution in [0.3, 0.4) is 0 Å². The van der Waals surface area contributed by atoms with Crippen LogP contribution in [0.1, 0.15) is 39.0 Å². The summed E-state index contributed by atoms with van der Waals surface area (Å²) in [6.45, 7) is 10.9. The average molecular weight is 303 g/mol. The van der Waals surface area contributed by atoms with E-state index < -0.39 is 0 Å². The Morgan fingerprint density at radius 1 is 1.35 bits per heavy atom. The Balaban J connectivity index is 2.26. The minimum absolute atomic E-state index is 0.265. The normalized spacial score (nSPS) is 13.2. The van der Waals surface area contributed by atoms with Gasteiger partial charge in [-0.2, -0.15) is 0 Å². The maximum atomic E-state index is 5.52. The summed E-state index contributed by atoms with van der Waals surface area (Å²) in [6, 6.07) is 4.20. The summed E-state index contributed by atoms with van der Waals surface area (Å²) >= 11 is 3.32. The quantitative estimate of drug-likeness (QED) is 0.797. The predicted octanol–water partition coefficient (Wildman–Crippen LogP) is 3.42. The number of likely N-dealkylation sites (N-methyl/N-ethyl adjacent to an activating group) is 1. The highest BCUT2D eigenvalue weighted by atomic mass is 79.9. The molecule has 4 heteroatoms. The zero-order valence-electron chi connectivity index (χ0n) is 11.0. The van der Waals surface area contributed by atoms with E-state index >= 15 is 0 Å². The number of nitrogens with zero attached hydrogens (tertiary/aromatic N) is 1. The SMILES string of the molecule is CCCN(CC)CCNC(C)c1ccc(Br)o1. The van der Waals surface area contributed by atoms with Crippen LogP contribution in [-0.2, 0) is 0 Å². The lowest BCUT2D eigenvalue weighted by Gasteiger charge is -2.20. The van der Waals surface area contributed by atoms with Gasteiger partial charge >= 0.3 is 0 Å². The van der Waals surface area contributed by atoms with Gasteiger partial charge in [-0.05, 0) is 54.5 Å². The van der Waals surface area contributed by atoms with Crippen LogP contribution < -0.4 is 5.32 Å². The van der Waals surface area contributed by atoms with E-state index in [9.17, 15) is 0 Å². The monoisotopic (exact) mass is 302 g/mol. The molecule has 3 nitrogen and oxygen atoms in total. The number of halogens is 1. The van der Waals surface area contributed by atoms with Gasteiger partial charge in [0.1, 0.15) is 5.76 Å². The van der Waals surface area contributed by atoms with Gasteiger partial charge in [0.2, 0.25) is 0 Å². The highest BCUT2D eigenvalue weighted by molar-refractivity contribution is 9.10. The molecule has 98 valence electrons. The summed E-state index contributed by atoms with van der Waals surface area (Å²) in [4.78, 5) is 2.46. The molecule has 0 bridgehead atoms. The van der Waals surface area contributed by atoms with E-state index in [2.05, 4.69) is 46.9 Å². The van der Waals surface area contributed by atoms with Gasteiger partial charge in [-0.25, -0.2) is 0 Å². The van der Waals surface area contributed by atoms with E-state index in [1.54, 1.807) is 0 Å². The van der Waals surface area contributed by atoms with Crippen molar-refractivity contribution in [1.29, 1.82) is 0 Å². The van der Waals surface area contributed by atoms with Gasteiger partial charge in [0, 0.05) is 13.1 Å². The lowest BCUT2D eigenvalue weighted by atomic mass is 10.2. The van der Waals surface area contributed by atoms with Gasteiger partial charge in [0.15, 0.2) is 4.67 Å². The third-order valence-corrected chi connectivity index (χ3v) is 3.31. The first-order valence-corrected chi connectivity index (χ1v) is 7.17. The topological polar surface area (TPSA) is 28.4 Å². The Morgan fingerprint density at radius 3 is 2.65 bits per heavy atom. The Kier molecular flexibility index (Phi) is 6.85. The standard InChI is InChI=1S/C13H23BrN2O/c1-4-9-16(5-2)10-8-15-11(3)12-6-7-13(14)17-12/h6-7,11,15H,4-5,8-10H2,1-3H3. The summed E-state index contributed by atoms with van der Waals surface area (Å²) in [6.07, 6.45) is 1.22. The Hall–Kier alpha value is -0.320. The van der Waals surface area contributed by atoms with Gasteiger partial charge in [-0.15, -0.1) is 0 Å². The van der Waals surface area contributed by atoms with Crippen LogP contribution in [0, 0.1) is 0 Å². The van der Waals surface area contributed by atoms with Crippen LogP contribution in [0.4, 0.5) is 0 Å². The number of rotatable bonds is 8. The molecule has 0 amide bonds. The van der Waals surface area contributed by atoms with Crippen LogP contribution in [0.5, 0.6) is 0 Å². The molecular formula is C13H23BrN2O. The largest absolute Gasteiger partial charge is 0.453 e. The molecule has 0 radical (unpaired) electrons. The molecule has 0 aromatic carbocycles. The maximum Gasteiger partial charge on any atom is 0.169 e. The Morgan fingerprint density at radius 2 is 2.12 bits per heavy atom. The molecule has 0 saturated heterocycles. The summed E-state index contributed by atoms with van der Waals surface area (Å²) in [7, 11) is 0. The molecule has 0 aliphatic carbocycles. The van der Waals surface area contributed by atoms with Crippen molar-refractivity contribution in [3.63, 3.8) is 0 Å². The number of hydrogen-bond donors (Lipinski definition) is 1. The second-order valence-corrected chi connectivity index (χ2v) is 5.03. The Labute approximate surface area is 113 Å². The van der Waals surface area contributed by atoms with Gasteiger partial charge < -0.3 is 14.6 Å². The molecule has 1 rings (SSSR count). The van der Waals surface area contributed by atoms with E-state index in [-0.39, 0.29) is 6.04 Å². The first-order valence-electron chi connectivity index (χ1n) is 6.38. The van der Waals surface area contributed by atoms with Crippen molar-refractivity contribution in [2.75, 3.05) is 26.2 Å². The fraction of sp³-hybridized carbons (Fsp3) is 0.692. The lowest BCUT2D eigenvalue weighted by molar-refractivity contribution is 0.280. The summed E-state index contributed by atoms with van der Waals surface area (Å²) in [5.74, 6) is 0.982. The molecule has 1 N–H and O–H groups in total. The fourth-order valence-electron chi connectivity index (χ4n) is 1.85. The van der Waals surface area contributed by atoms with Crippen molar-refractivity contribution in [2.24, 2.45) is 0 Å². The average Bonchev–Trinajstić information content (AvgIpc) is 2.74. The molecule has 1 aromatic rings. The molecule has 0 saturated carbocycles. The summed E-state index contributed by atoms with van der Waals surface area (Å²) < 4.78 is 6.31. The van der Waals surface area contributed by atoms with Crippen molar-refractivity contribution in [3.05, 3.63) is 22.6 Å². The van der Waals surface area contributed by atoms with Crippen molar-refractivity contribution in [1.82, 2.24) is 10.2 Å². The van der Waals surface area contributed by atoms with Crippen molar-refractivity contribution in [3.8, 4) is 0 Å². The highest BCUT2D eigenvalue weighted by Gasteiger charge is 2.09. The van der Waals surface area contributed by atoms with Gasteiger partial charge in [0.05, 0.1) is 6.04 Å². The fourth-order valence-corrected chi connectivity index (χ4v) is 2.16. The number of nitrogens with one attached hydrogen (secondary N) is 1. The van der Waals surface area contributed by atoms with Crippen molar-refractivity contribution < 1.29 is 4.42 Å². The van der Waals surface area contributed by atoms with Crippen LogP contribution >= 0.6 is 15.9 Å². The molecule has 0 aliphatic heterocycles. The van der Waals surface area contributed by atoms with E-state index in [0.29, 0.717) is 0 Å². The minimum Gasteiger partial charge on any atom is -0.453 e. The first-order chi connectivity index (χ1) is 8.17. The maximum absolute atomic E-state index is 5.52. The van der Waals surface area contributed by atoms with Crippen LogP contribution in [0.2, 0.25) is 0 Å². The molecule has 1 aromatic heterocycles.